The molecule has 0 saturated carbocycles. The Balaban J connectivity index is 4.50. The lowest BCUT2D eigenvalue weighted by Gasteiger charge is -2.29. The Hall–Kier alpha value is -1.10. The molecular weight excluding hydrogens is 182 g/mol. The Morgan fingerprint density at radius 3 is 2.21 bits per heavy atom. The van der Waals surface area contributed by atoms with Crippen LogP contribution < -0.4 is 11.5 Å². The van der Waals surface area contributed by atoms with Gasteiger partial charge >= 0.3 is 0 Å². The zero-order valence-corrected chi connectivity index (χ0v) is 9.04. The highest BCUT2D eigenvalue weighted by atomic mass is 16.2. The van der Waals surface area contributed by atoms with Gasteiger partial charge in [0.2, 0.25) is 11.8 Å². The fourth-order valence-electron chi connectivity index (χ4n) is 1.15. The Morgan fingerprint density at radius 1 is 1.43 bits per heavy atom. The van der Waals surface area contributed by atoms with E-state index < -0.39 is 11.3 Å². The smallest absolute Gasteiger partial charge is 0.237 e. The first-order valence-corrected chi connectivity index (χ1v) is 4.61. The van der Waals surface area contributed by atoms with Gasteiger partial charge in [-0.05, 0) is 13.3 Å². The highest BCUT2D eigenvalue weighted by molar-refractivity contribution is 5.87. The number of primary amides is 1. The van der Waals surface area contributed by atoms with Crippen LogP contribution in [-0.2, 0) is 9.59 Å². The number of nitrogens with zero attached hydrogens (tertiary/aromatic N) is 1. The zero-order chi connectivity index (χ0) is 11.4. The fraction of sp³-hybridized carbons (Fsp3) is 0.778. The van der Waals surface area contributed by atoms with Gasteiger partial charge in [0.05, 0.1) is 12.0 Å². The molecule has 0 heterocycles. The largest absolute Gasteiger partial charge is 0.368 e. The van der Waals surface area contributed by atoms with Crippen LogP contribution in [-0.4, -0.2) is 36.9 Å². The second-order valence-electron chi connectivity index (χ2n) is 3.75. The molecule has 1 unspecified atom stereocenters. The molecular formula is C9H19N3O2. The first-order valence-electron chi connectivity index (χ1n) is 4.61. The van der Waals surface area contributed by atoms with E-state index in [2.05, 4.69) is 0 Å². The lowest BCUT2D eigenvalue weighted by molar-refractivity contribution is -0.142. The summed E-state index contributed by atoms with van der Waals surface area (Å²) in [6.45, 7) is 3.88. The van der Waals surface area contributed by atoms with Crippen molar-refractivity contribution in [1.29, 1.82) is 0 Å². The van der Waals surface area contributed by atoms with Crippen LogP contribution in [0.1, 0.15) is 20.3 Å². The number of likely N-dealkylation sites (N-methyl/N-ethyl adjacent to an activating group) is 1. The maximum Gasteiger partial charge on any atom is 0.237 e. The van der Waals surface area contributed by atoms with Gasteiger partial charge in [-0.2, -0.15) is 0 Å². The van der Waals surface area contributed by atoms with Crippen LogP contribution in [0.5, 0.6) is 0 Å². The maximum atomic E-state index is 11.8. The summed E-state index contributed by atoms with van der Waals surface area (Å²) in [7, 11) is 1.55. The molecule has 0 aliphatic carbocycles. The summed E-state index contributed by atoms with van der Waals surface area (Å²) < 4.78 is 0. The summed E-state index contributed by atoms with van der Waals surface area (Å²) in [5, 5.41) is 0. The van der Waals surface area contributed by atoms with Gasteiger partial charge in [-0.1, -0.05) is 6.92 Å². The number of amides is 2. The predicted octanol–water partition coefficient (Wildman–Crippen LogP) is -0.695. The summed E-state index contributed by atoms with van der Waals surface area (Å²) in [4.78, 5) is 23.7. The van der Waals surface area contributed by atoms with E-state index in [0.29, 0.717) is 6.42 Å². The lowest BCUT2D eigenvalue weighted by Crippen LogP contribution is -2.46. The third-order valence-corrected chi connectivity index (χ3v) is 2.49. The molecule has 0 spiro atoms. The van der Waals surface area contributed by atoms with Crippen LogP contribution in [0.3, 0.4) is 0 Å². The van der Waals surface area contributed by atoms with Crippen molar-refractivity contribution in [2.75, 3.05) is 20.1 Å². The third-order valence-electron chi connectivity index (χ3n) is 2.49. The van der Waals surface area contributed by atoms with E-state index in [1.54, 1.807) is 14.0 Å². The third kappa shape index (κ3) is 2.99. The molecule has 1 atom stereocenters. The van der Waals surface area contributed by atoms with Gasteiger partial charge in [-0.25, -0.2) is 0 Å². The van der Waals surface area contributed by atoms with Crippen LogP contribution in [0.25, 0.3) is 0 Å². The Labute approximate surface area is 84.4 Å². The van der Waals surface area contributed by atoms with Crippen LogP contribution in [0.2, 0.25) is 0 Å². The van der Waals surface area contributed by atoms with Gasteiger partial charge in [0.25, 0.3) is 0 Å². The highest BCUT2D eigenvalue weighted by Crippen LogP contribution is 2.21. The van der Waals surface area contributed by atoms with Crippen molar-refractivity contribution in [3.8, 4) is 0 Å². The topological polar surface area (TPSA) is 89.4 Å². The average molecular weight is 201 g/mol. The van der Waals surface area contributed by atoms with Crippen LogP contribution >= 0.6 is 0 Å². The van der Waals surface area contributed by atoms with E-state index in [-0.39, 0.29) is 19.0 Å². The van der Waals surface area contributed by atoms with Crippen molar-refractivity contribution in [2.45, 2.75) is 20.3 Å². The molecule has 5 nitrogen and oxygen atoms in total. The van der Waals surface area contributed by atoms with Gasteiger partial charge in [0, 0.05) is 13.6 Å². The van der Waals surface area contributed by atoms with Gasteiger partial charge in [0.15, 0.2) is 0 Å². The number of hydrogen-bond donors (Lipinski definition) is 2. The van der Waals surface area contributed by atoms with E-state index in [9.17, 15) is 9.59 Å². The molecule has 82 valence electrons. The molecule has 4 N–H and O–H groups in total. The van der Waals surface area contributed by atoms with Crippen molar-refractivity contribution >= 4 is 11.8 Å². The summed E-state index contributed by atoms with van der Waals surface area (Å²) in [6.07, 6.45) is 0.644. The molecule has 2 amide bonds. The maximum absolute atomic E-state index is 11.8. The van der Waals surface area contributed by atoms with E-state index in [0.717, 1.165) is 0 Å². The molecule has 0 aromatic heterocycles. The molecule has 0 aromatic carbocycles. The second-order valence-corrected chi connectivity index (χ2v) is 3.75. The number of carbonyl (C=O) groups excluding carboxylic acids is 2. The first-order chi connectivity index (χ1) is 6.37. The normalized spacial score (nSPS) is 14.6. The van der Waals surface area contributed by atoms with E-state index in [1.807, 2.05) is 6.92 Å². The molecule has 0 radical (unpaired) electrons. The van der Waals surface area contributed by atoms with Gasteiger partial charge in [-0.15, -0.1) is 0 Å². The summed E-state index contributed by atoms with van der Waals surface area (Å²) >= 11 is 0. The van der Waals surface area contributed by atoms with Crippen molar-refractivity contribution in [3.05, 3.63) is 0 Å². The van der Waals surface area contributed by atoms with Crippen molar-refractivity contribution in [2.24, 2.45) is 16.9 Å². The summed E-state index contributed by atoms with van der Waals surface area (Å²) in [6, 6.07) is 0. The second kappa shape index (κ2) is 4.95. The first kappa shape index (κ1) is 12.9. The number of carbonyl (C=O) groups is 2. The number of hydrogen-bond acceptors (Lipinski definition) is 3. The molecule has 0 aromatic rings. The Kier molecular flexibility index (Phi) is 4.56. The molecule has 0 rings (SSSR count). The molecule has 5 heteroatoms. The van der Waals surface area contributed by atoms with E-state index >= 15 is 0 Å². The lowest BCUT2D eigenvalue weighted by atomic mass is 9.86. The molecule has 0 fully saturated rings. The standard InChI is InChI=1S/C9H19N3O2/c1-4-9(2,6-10)8(14)12(3)5-7(11)13/h4-6,10H2,1-3H3,(H2,11,13). The fourth-order valence-corrected chi connectivity index (χ4v) is 1.15. The average Bonchev–Trinajstić information content (AvgIpc) is 2.14. The van der Waals surface area contributed by atoms with E-state index in [1.165, 1.54) is 4.90 Å². The number of nitrogens with two attached hydrogens (primary N) is 2. The van der Waals surface area contributed by atoms with Crippen molar-refractivity contribution in [1.82, 2.24) is 4.90 Å². The molecule has 0 saturated heterocycles. The minimum Gasteiger partial charge on any atom is -0.368 e. The van der Waals surface area contributed by atoms with Gasteiger partial charge in [0.1, 0.15) is 0 Å². The molecule has 0 aliphatic heterocycles. The predicted molar refractivity (Wildman–Crippen MR) is 54.3 cm³/mol. The Bertz CT molecular complexity index is 224. The van der Waals surface area contributed by atoms with Crippen LogP contribution in [0.4, 0.5) is 0 Å². The van der Waals surface area contributed by atoms with Crippen LogP contribution in [0.15, 0.2) is 0 Å². The SMILES string of the molecule is CCC(C)(CN)C(=O)N(C)CC(N)=O. The van der Waals surface area contributed by atoms with Gasteiger partial charge < -0.3 is 16.4 Å². The number of rotatable bonds is 5. The minimum atomic E-state index is -0.593. The van der Waals surface area contributed by atoms with Gasteiger partial charge in [-0.3, -0.25) is 9.59 Å². The monoisotopic (exact) mass is 201 g/mol. The quantitative estimate of drug-likeness (QED) is 0.616. The Morgan fingerprint density at radius 2 is 1.93 bits per heavy atom. The van der Waals surface area contributed by atoms with Crippen molar-refractivity contribution < 1.29 is 9.59 Å². The summed E-state index contributed by atoms with van der Waals surface area (Å²) in [5.41, 5.74) is 9.92. The highest BCUT2D eigenvalue weighted by Gasteiger charge is 2.32. The molecule has 0 aliphatic rings. The summed E-state index contributed by atoms with van der Waals surface area (Å²) in [5.74, 6) is -0.655. The zero-order valence-electron chi connectivity index (χ0n) is 9.04. The van der Waals surface area contributed by atoms with Crippen LogP contribution in [0, 0.1) is 5.41 Å². The minimum absolute atomic E-state index is 0.0611. The molecule has 0 bridgehead atoms. The molecule has 14 heavy (non-hydrogen) atoms. The van der Waals surface area contributed by atoms with Crippen molar-refractivity contribution in [3.63, 3.8) is 0 Å². The van der Waals surface area contributed by atoms with E-state index in [4.69, 9.17) is 11.5 Å².